The van der Waals surface area contributed by atoms with Crippen LogP contribution < -0.4 is 10.6 Å². The molecule has 0 spiro atoms. The third kappa shape index (κ3) is 9.34. The number of aliphatic imine (C=N–C) groups is 1. The fourth-order valence-electron chi connectivity index (χ4n) is 3.67. The minimum absolute atomic E-state index is 0. The predicted octanol–water partition coefficient (Wildman–Crippen LogP) is 0.945. The summed E-state index contributed by atoms with van der Waals surface area (Å²) < 4.78 is 16.1. The second-order valence-electron chi connectivity index (χ2n) is 7.66. The SMILES string of the molecule is COCCNC(=O)CN1CCN(C(=NCC2CCCO2)NCCc2ccco2)CC1.I. The molecule has 3 rings (SSSR count). The van der Waals surface area contributed by atoms with Gasteiger partial charge < -0.3 is 29.4 Å². The average molecular weight is 549 g/mol. The zero-order chi connectivity index (χ0) is 21.0. The Hall–Kier alpha value is -1.37. The van der Waals surface area contributed by atoms with E-state index in [9.17, 15) is 4.79 Å². The highest BCUT2D eigenvalue weighted by atomic mass is 127. The van der Waals surface area contributed by atoms with Crippen LogP contribution in [0.25, 0.3) is 0 Å². The van der Waals surface area contributed by atoms with Crippen LogP contribution in [0, 0.1) is 0 Å². The lowest BCUT2D eigenvalue weighted by Crippen LogP contribution is -2.54. The van der Waals surface area contributed by atoms with Crippen LogP contribution in [0.5, 0.6) is 0 Å². The van der Waals surface area contributed by atoms with Crippen molar-refractivity contribution in [1.82, 2.24) is 20.4 Å². The van der Waals surface area contributed by atoms with Gasteiger partial charge in [0.15, 0.2) is 5.96 Å². The summed E-state index contributed by atoms with van der Waals surface area (Å²) in [5.41, 5.74) is 0. The highest BCUT2D eigenvalue weighted by Crippen LogP contribution is 2.12. The second kappa shape index (κ2) is 14.6. The molecular weight excluding hydrogens is 513 g/mol. The number of carbonyl (C=O) groups is 1. The molecule has 1 unspecified atom stereocenters. The van der Waals surface area contributed by atoms with Gasteiger partial charge in [0.25, 0.3) is 0 Å². The first kappa shape index (κ1) is 25.9. The number of guanidine groups is 1. The number of piperazine rings is 1. The number of furan rings is 1. The smallest absolute Gasteiger partial charge is 0.234 e. The van der Waals surface area contributed by atoms with Crippen molar-refractivity contribution in [2.75, 3.05) is 72.7 Å². The van der Waals surface area contributed by atoms with Gasteiger partial charge in [-0.05, 0) is 25.0 Å². The normalized spacial score (nSPS) is 19.8. The van der Waals surface area contributed by atoms with Gasteiger partial charge in [0.2, 0.25) is 5.91 Å². The van der Waals surface area contributed by atoms with Crippen molar-refractivity contribution >= 4 is 35.8 Å². The number of methoxy groups -OCH3 is 1. The van der Waals surface area contributed by atoms with E-state index >= 15 is 0 Å². The van der Waals surface area contributed by atoms with E-state index in [1.165, 1.54) is 0 Å². The van der Waals surface area contributed by atoms with E-state index in [4.69, 9.17) is 18.9 Å². The molecule has 0 bridgehead atoms. The van der Waals surface area contributed by atoms with Crippen LogP contribution in [0.3, 0.4) is 0 Å². The van der Waals surface area contributed by atoms with Gasteiger partial charge in [-0.1, -0.05) is 0 Å². The van der Waals surface area contributed by atoms with Gasteiger partial charge in [-0.2, -0.15) is 0 Å². The van der Waals surface area contributed by atoms with Gasteiger partial charge in [0, 0.05) is 59.4 Å². The van der Waals surface area contributed by atoms with Gasteiger partial charge in [-0.25, -0.2) is 0 Å². The van der Waals surface area contributed by atoms with Crippen molar-refractivity contribution in [3.8, 4) is 0 Å². The second-order valence-corrected chi connectivity index (χ2v) is 7.66. The Bertz CT molecular complexity index is 644. The van der Waals surface area contributed by atoms with Crippen molar-refractivity contribution in [3.05, 3.63) is 24.2 Å². The Morgan fingerprint density at radius 3 is 2.77 bits per heavy atom. The number of nitrogens with one attached hydrogen (secondary N) is 2. The molecule has 2 aliphatic rings. The van der Waals surface area contributed by atoms with Crippen LogP contribution in [0.2, 0.25) is 0 Å². The Balaban J connectivity index is 0.00000341. The summed E-state index contributed by atoms with van der Waals surface area (Å²) in [6.45, 7) is 7.13. The van der Waals surface area contributed by atoms with E-state index in [1.807, 2.05) is 12.1 Å². The fraction of sp³-hybridized carbons (Fsp3) is 0.714. The molecule has 2 aliphatic heterocycles. The van der Waals surface area contributed by atoms with Gasteiger partial charge in [-0.3, -0.25) is 14.7 Å². The molecule has 0 radical (unpaired) electrons. The first-order chi connectivity index (χ1) is 14.7. The van der Waals surface area contributed by atoms with Gasteiger partial charge >= 0.3 is 0 Å². The Kier molecular flexibility index (Phi) is 12.2. The highest BCUT2D eigenvalue weighted by molar-refractivity contribution is 14.0. The Morgan fingerprint density at radius 1 is 1.26 bits per heavy atom. The maximum atomic E-state index is 12.0. The number of hydrogen-bond acceptors (Lipinski definition) is 6. The van der Waals surface area contributed by atoms with Gasteiger partial charge in [0.1, 0.15) is 5.76 Å². The summed E-state index contributed by atoms with van der Waals surface area (Å²) in [7, 11) is 1.63. The molecule has 31 heavy (non-hydrogen) atoms. The van der Waals surface area contributed by atoms with Crippen LogP contribution >= 0.6 is 24.0 Å². The molecule has 3 heterocycles. The van der Waals surface area contributed by atoms with Crippen LogP contribution in [-0.2, 0) is 20.7 Å². The highest BCUT2D eigenvalue weighted by Gasteiger charge is 2.22. The molecule has 1 aromatic rings. The molecule has 0 aromatic carbocycles. The number of nitrogens with zero attached hydrogens (tertiary/aromatic N) is 3. The van der Waals surface area contributed by atoms with E-state index in [1.54, 1.807) is 13.4 Å². The van der Waals surface area contributed by atoms with Crippen LogP contribution in [-0.4, -0.2) is 100 Å². The molecule has 1 aromatic heterocycles. The predicted molar refractivity (Wildman–Crippen MR) is 130 cm³/mol. The van der Waals surface area contributed by atoms with E-state index in [0.717, 1.165) is 70.3 Å². The molecule has 0 saturated carbocycles. The van der Waals surface area contributed by atoms with E-state index in [0.29, 0.717) is 26.2 Å². The summed E-state index contributed by atoms with van der Waals surface area (Å²) in [6.07, 6.45) is 4.94. The monoisotopic (exact) mass is 549 g/mol. The zero-order valence-electron chi connectivity index (χ0n) is 18.4. The summed E-state index contributed by atoms with van der Waals surface area (Å²) in [6, 6.07) is 3.90. The maximum Gasteiger partial charge on any atom is 0.234 e. The molecule has 9 nitrogen and oxygen atoms in total. The topological polar surface area (TPSA) is 91.6 Å². The summed E-state index contributed by atoms with van der Waals surface area (Å²) in [5, 5.41) is 6.37. The number of hydrogen-bond donors (Lipinski definition) is 2. The fourth-order valence-corrected chi connectivity index (χ4v) is 3.67. The minimum atomic E-state index is 0. The summed E-state index contributed by atoms with van der Waals surface area (Å²) >= 11 is 0. The summed E-state index contributed by atoms with van der Waals surface area (Å²) in [5.74, 6) is 1.93. The molecule has 2 N–H and O–H groups in total. The molecule has 1 atom stereocenters. The molecule has 1 amide bonds. The van der Waals surface area contributed by atoms with Crippen molar-refractivity contribution in [3.63, 3.8) is 0 Å². The van der Waals surface area contributed by atoms with Crippen molar-refractivity contribution in [2.24, 2.45) is 4.99 Å². The van der Waals surface area contributed by atoms with Crippen LogP contribution in [0.4, 0.5) is 0 Å². The number of halogens is 1. The van der Waals surface area contributed by atoms with Crippen LogP contribution in [0.1, 0.15) is 18.6 Å². The van der Waals surface area contributed by atoms with Crippen molar-refractivity contribution in [2.45, 2.75) is 25.4 Å². The standard InChI is InChI=1S/C21H35N5O4.HI/c1-28-15-8-22-20(27)17-25-9-11-26(12-10-25)21(24-16-19-5-3-14-30-19)23-7-6-18-4-2-13-29-18;/h2,4,13,19H,3,5-12,14-17H2,1H3,(H,22,27)(H,23,24);1H. The van der Waals surface area contributed by atoms with Crippen molar-refractivity contribution < 1.29 is 18.7 Å². The first-order valence-corrected chi connectivity index (χ1v) is 10.9. The molecule has 176 valence electrons. The number of rotatable bonds is 10. The van der Waals surface area contributed by atoms with Crippen LogP contribution in [0.15, 0.2) is 27.8 Å². The number of ether oxygens (including phenoxy) is 2. The largest absolute Gasteiger partial charge is 0.469 e. The third-order valence-electron chi connectivity index (χ3n) is 5.37. The molecular formula is C21H36IN5O4. The lowest BCUT2D eigenvalue weighted by atomic mass is 10.2. The first-order valence-electron chi connectivity index (χ1n) is 10.9. The Labute approximate surface area is 201 Å². The Morgan fingerprint density at radius 2 is 2.10 bits per heavy atom. The number of carbonyl (C=O) groups excluding carboxylic acids is 1. The van der Waals surface area contributed by atoms with Gasteiger partial charge in [0.05, 0.1) is 32.1 Å². The van der Waals surface area contributed by atoms with Crippen molar-refractivity contribution in [1.29, 1.82) is 0 Å². The lowest BCUT2D eigenvalue weighted by Gasteiger charge is -2.36. The quantitative estimate of drug-likeness (QED) is 0.194. The summed E-state index contributed by atoms with van der Waals surface area (Å²) in [4.78, 5) is 21.3. The van der Waals surface area contributed by atoms with E-state index < -0.39 is 0 Å². The average Bonchev–Trinajstić information content (AvgIpc) is 3.46. The van der Waals surface area contributed by atoms with E-state index in [-0.39, 0.29) is 36.0 Å². The number of amides is 1. The maximum absolute atomic E-state index is 12.0. The molecule has 10 heteroatoms. The minimum Gasteiger partial charge on any atom is -0.469 e. The molecule has 2 fully saturated rings. The lowest BCUT2D eigenvalue weighted by molar-refractivity contribution is -0.122. The van der Waals surface area contributed by atoms with Gasteiger partial charge in [-0.15, -0.1) is 24.0 Å². The zero-order valence-corrected chi connectivity index (χ0v) is 20.7. The molecule has 0 aliphatic carbocycles. The third-order valence-corrected chi connectivity index (χ3v) is 5.37. The van der Waals surface area contributed by atoms with E-state index in [2.05, 4.69) is 20.4 Å². The molecule has 2 saturated heterocycles.